The van der Waals surface area contributed by atoms with Crippen LogP contribution in [-0.4, -0.2) is 19.6 Å². The van der Waals surface area contributed by atoms with Crippen molar-refractivity contribution in [3.63, 3.8) is 0 Å². The highest BCUT2D eigenvalue weighted by Crippen LogP contribution is 2.04. The minimum atomic E-state index is -0.485. The molecule has 0 aromatic carbocycles. The summed E-state index contributed by atoms with van der Waals surface area (Å²) in [6.07, 6.45) is 1.42. The summed E-state index contributed by atoms with van der Waals surface area (Å²) in [5.74, 6) is 5.85. The summed E-state index contributed by atoms with van der Waals surface area (Å²) in [7, 11) is 0. The first-order valence-corrected chi connectivity index (χ1v) is 3.63. The SMILES string of the molecule is Cc1nc2c(cnc(=O)n2NN)[nH]1. The molecule has 68 valence electrons. The maximum atomic E-state index is 11.1. The van der Waals surface area contributed by atoms with Gasteiger partial charge in [-0.3, -0.25) is 5.53 Å². The number of H-pyrrole nitrogens is 1. The van der Waals surface area contributed by atoms with Gasteiger partial charge in [-0.25, -0.2) is 15.6 Å². The topological polar surface area (TPSA) is 102 Å². The van der Waals surface area contributed by atoms with Crippen molar-refractivity contribution in [1.29, 1.82) is 0 Å². The minimum Gasteiger partial charge on any atom is -0.340 e. The van der Waals surface area contributed by atoms with Gasteiger partial charge in [0.15, 0.2) is 5.65 Å². The van der Waals surface area contributed by atoms with E-state index in [1.165, 1.54) is 6.20 Å². The van der Waals surface area contributed by atoms with Gasteiger partial charge < -0.3 is 4.98 Å². The Bertz CT molecular complexity index is 497. The molecule has 2 aromatic rings. The fourth-order valence-electron chi connectivity index (χ4n) is 1.14. The second kappa shape index (κ2) is 2.56. The van der Waals surface area contributed by atoms with Crippen LogP contribution >= 0.6 is 0 Å². The third kappa shape index (κ3) is 1.05. The van der Waals surface area contributed by atoms with Gasteiger partial charge in [0.05, 0.1) is 6.20 Å². The number of nitrogen functional groups attached to an aromatic ring is 1. The van der Waals surface area contributed by atoms with Crippen molar-refractivity contribution in [3.8, 4) is 0 Å². The third-order valence-corrected chi connectivity index (χ3v) is 1.67. The van der Waals surface area contributed by atoms with Gasteiger partial charge in [-0.2, -0.15) is 9.66 Å². The molecule has 0 amide bonds. The van der Waals surface area contributed by atoms with Gasteiger partial charge in [0, 0.05) is 0 Å². The summed E-state index contributed by atoms with van der Waals surface area (Å²) >= 11 is 0. The van der Waals surface area contributed by atoms with Crippen LogP contribution in [0.3, 0.4) is 0 Å². The van der Waals surface area contributed by atoms with Crippen molar-refractivity contribution in [2.75, 3.05) is 5.53 Å². The van der Waals surface area contributed by atoms with Crippen LogP contribution in [0.4, 0.5) is 0 Å². The highest BCUT2D eigenvalue weighted by molar-refractivity contribution is 5.69. The van der Waals surface area contributed by atoms with E-state index in [4.69, 9.17) is 5.84 Å². The Morgan fingerprint density at radius 3 is 3.15 bits per heavy atom. The van der Waals surface area contributed by atoms with E-state index < -0.39 is 5.69 Å². The van der Waals surface area contributed by atoms with Crippen LogP contribution in [0.15, 0.2) is 11.0 Å². The molecule has 7 nitrogen and oxygen atoms in total. The summed E-state index contributed by atoms with van der Waals surface area (Å²) in [5, 5.41) is 0. The molecule has 0 atom stereocenters. The molecule has 7 heteroatoms. The Morgan fingerprint density at radius 1 is 1.69 bits per heavy atom. The molecule has 0 aliphatic carbocycles. The van der Waals surface area contributed by atoms with Gasteiger partial charge >= 0.3 is 5.69 Å². The lowest BCUT2D eigenvalue weighted by atomic mass is 10.6. The Morgan fingerprint density at radius 2 is 2.46 bits per heavy atom. The zero-order valence-electron chi connectivity index (χ0n) is 6.90. The Labute approximate surface area is 72.5 Å². The van der Waals surface area contributed by atoms with Crippen molar-refractivity contribution in [1.82, 2.24) is 19.6 Å². The molecule has 0 saturated heterocycles. The van der Waals surface area contributed by atoms with Crippen LogP contribution in [0.1, 0.15) is 5.82 Å². The summed E-state index contributed by atoms with van der Waals surface area (Å²) in [5.41, 5.74) is 2.83. The second-order valence-electron chi connectivity index (χ2n) is 2.56. The van der Waals surface area contributed by atoms with Crippen molar-refractivity contribution in [2.24, 2.45) is 5.84 Å². The average Bonchev–Trinajstić information content (AvgIpc) is 2.45. The highest BCUT2D eigenvalue weighted by atomic mass is 16.2. The number of aromatic nitrogens is 4. The van der Waals surface area contributed by atoms with E-state index in [0.717, 1.165) is 4.68 Å². The molecule has 2 aromatic heterocycles. The van der Waals surface area contributed by atoms with Crippen LogP contribution < -0.4 is 17.1 Å². The van der Waals surface area contributed by atoms with E-state index >= 15 is 0 Å². The number of aryl methyl sites for hydroxylation is 1. The Hall–Kier alpha value is -1.89. The number of hydrazine groups is 1. The maximum Gasteiger partial charge on any atom is 0.369 e. The van der Waals surface area contributed by atoms with Crippen LogP contribution in [0.5, 0.6) is 0 Å². The van der Waals surface area contributed by atoms with Crippen LogP contribution in [-0.2, 0) is 0 Å². The first-order valence-electron chi connectivity index (χ1n) is 3.63. The Kier molecular flexibility index (Phi) is 1.52. The van der Waals surface area contributed by atoms with Gasteiger partial charge in [0.1, 0.15) is 11.3 Å². The van der Waals surface area contributed by atoms with E-state index in [-0.39, 0.29) is 0 Å². The van der Waals surface area contributed by atoms with E-state index in [9.17, 15) is 4.79 Å². The van der Waals surface area contributed by atoms with Gasteiger partial charge in [-0.05, 0) is 6.92 Å². The lowest BCUT2D eigenvalue weighted by Crippen LogP contribution is -2.34. The zero-order valence-corrected chi connectivity index (χ0v) is 6.90. The van der Waals surface area contributed by atoms with E-state index in [1.807, 2.05) is 0 Å². The summed E-state index contributed by atoms with van der Waals surface area (Å²) in [6, 6.07) is 0. The smallest absolute Gasteiger partial charge is 0.340 e. The van der Waals surface area contributed by atoms with E-state index in [1.54, 1.807) is 6.92 Å². The van der Waals surface area contributed by atoms with Gasteiger partial charge in [-0.1, -0.05) is 0 Å². The highest BCUT2D eigenvalue weighted by Gasteiger charge is 2.05. The predicted molar refractivity (Wildman–Crippen MR) is 46.4 cm³/mol. The molecule has 2 heterocycles. The molecule has 0 bridgehead atoms. The quantitative estimate of drug-likeness (QED) is 0.379. The molecule has 0 fully saturated rings. The minimum absolute atomic E-state index is 0.444. The van der Waals surface area contributed by atoms with Gasteiger partial charge in [-0.15, -0.1) is 0 Å². The van der Waals surface area contributed by atoms with Gasteiger partial charge in [0.25, 0.3) is 0 Å². The summed E-state index contributed by atoms with van der Waals surface area (Å²) in [4.78, 5) is 21.7. The van der Waals surface area contributed by atoms with Crippen molar-refractivity contribution >= 4 is 11.2 Å². The molecule has 4 N–H and O–H groups in total. The third-order valence-electron chi connectivity index (χ3n) is 1.67. The molecule has 0 unspecified atom stereocenters. The standard InChI is InChI=1S/C6H8N6O/c1-3-9-4-2-8-6(13)12(11-7)5(4)10-3/h2,11H,7H2,1H3,(H,9,10). The number of nitrogens with zero attached hydrogens (tertiary/aromatic N) is 3. The normalized spacial score (nSPS) is 10.6. The number of hydrogen-bond donors (Lipinski definition) is 3. The molecular formula is C6H8N6O. The molecule has 0 aliphatic heterocycles. The first kappa shape index (κ1) is 7.74. The molecule has 0 aliphatic rings. The predicted octanol–water partition coefficient (Wildman–Crippen LogP) is -1.15. The fourth-order valence-corrected chi connectivity index (χ4v) is 1.14. The van der Waals surface area contributed by atoms with Crippen LogP contribution in [0.2, 0.25) is 0 Å². The molecule has 2 rings (SSSR count). The zero-order chi connectivity index (χ0) is 9.42. The van der Waals surface area contributed by atoms with Crippen LogP contribution in [0, 0.1) is 6.92 Å². The summed E-state index contributed by atoms with van der Waals surface area (Å²) < 4.78 is 1.07. The van der Waals surface area contributed by atoms with Crippen molar-refractivity contribution in [3.05, 3.63) is 22.5 Å². The molecule has 13 heavy (non-hydrogen) atoms. The number of rotatable bonds is 1. The lowest BCUT2D eigenvalue weighted by molar-refractivity contribution is 0.820. The maximum absolute atomic E-state index is 11.1. The van der Waals surface area contributed by atoms with Gasteiger partial charge in [0.2, 0.25) is 0 Å². The Balaban J connectivity index is 2.90. The number of nitrogens with two attached hydrogens (primary N) is 1. The largest absolute Gasteiger partial charge is 0.369 e. The van der Waals surface area contributed by atoms with Crippen molar-refractivity contribution < 1.29 is 0 Å². The fraction of sp³-hybridized carbons (Fsp3) is 0.167. The second-order valence-corrected chi connectivity index (χ2v) is 2.56. The summed E-state index contributed by atoms with van der Waals surface area (Å²) in [6.45, 7) is 1.78. The molecule has 0 spiro atoms. The van der Waals surface area contributed by atoms with Crippen molar-refractivity contribution in [2.45, 2.75) is 6.92 Å². The number of aromatic amines is 1. The average molecular weight is 180 g/mol. The first-order chi connectivity index (χ1) is 6.22. The number of imidazole rings is 1. The monoisotopic (exact) mass is 180 g/mol. The van der Waals surface area contributed by atoms with E-state index in [2.05, 4.69) is 20.5 Å². The number of fused-ring (bicyclic) bond motifs is 1. The lowest BCUT2D eigenvalue weighted by Gasteiger charge is -2.01. The van der Waals surface area contributed by atoms with E-state index in [0.29, 0.717) is 17.0 Å². The molecule has 0 saturated carbocycles. The van der Waals surface area contributed by atoms with Crippen LogP contribution in [0.25, 0.3) is 11.2 Å². The molecular weight excluding hydrogens is 172 g/mol. The number of nitrogens with one attached hydrogen (secondary N) is 2. The number of hydrogen-bond acceptors (Lipinski definition) is 5. The molecule has 0 radical (unpaired) electrons.